The second kappa shape index (κ2) is 6.48. The second-order valence-electron chi connectivity index (χ2n) is 6.75. The zero-order chi connectivity index (χ0) is 15.5. The van der Waals surface area contributed by atoms with Crippen molar-refractivity contribution in [3.8, 4) is 0 Å². The summed E-state index contributed by atoms with van der Waals surface area (Å²) in [6.45, 7) is 8.06. The largest absolute Gasteiger partial charge is 0.444 e. The Morgan fingerprint density at radius 2 is 1.90 bits per heavy atom. The predicted octanol–water partition coefficient (Wildman–Crippen LogP) is 2.78. The third-order valence-corrected chi connectivity index (χ3v) is 3.74. The predicted molar refractivity (Wildman–Crippen MR) is 84.4 cm³/mol. The molecule has 0 bridgehead atoms. The van der Waals surface area contributed by atoms with Crippen molar-refractivity contribution in [1.29, 1.82) is 0 Å². The van der Waals surface area contributed by atoms with E-state index in [1.165, 1.54) is 5.56 Å². The van der Waals surface area contributed by atoms with Crippen molar-refractivity contribution < 1.29 is 9.53 Å². The summed E-state index contributed by atoms with van der Waals surface area (Å²) in [5.74, 6) is 0. The Kier molecular flexibility index (Phi) is 4.88. The van der Waals surface area contributed by atoms with Crippen molar-refractivity contribution in [1.82, 2.24) is 9.80 Å². The maximum absolute atomic E-state index is 12.2. The smallest absolute Gasteiger partial charge is 0.410 e. The molecule has 1 unspecified atom stereocenters. The molecule has 0 aliphatic carbocycles. The fraction of sp³-hybridized carbons (Fsp3) is 0.588. The normalized spacial score (nSPS) is 20.4. The molecule has 0 radical (unpaired) electrons. The van der Waals surface area contributed by atoms with Gasteiger partial charge >= 0.3 is 6.09 Å². The molecule has 0 aromatic heterocycles. The third kappa shape index (κ3) is 4.74. The molecule has 0 spiro atoms. The summed E-state index contributed by atoms with van der Waals surface area (Å²) in [6, 6.07) is 10.8. The Morgan fingerprint density at radius 3 is 2.52 bits per heavy atom. The van der Waals surface area contributed by atoms with E-state index in [0.29, 0.717) is 6.04 Å². The van der Waals surface area contributed by atoms with Gasteiger partial charge in [0.1, 0.15) is 5.60 Å². The van der Waals surface area contributed by atoms with Crippen molar-refractivity contribution >= 4 is 6.09 Å². The van der Waals surface area contributed by atoms with E-state index < -0.39 is 5.60 Å². The van der Waals surface area contributed by atoms with Crippen molar-refractivity contribution in [3.05, 3.63) is 35.9 Å². The van der Waals surface area contributed by atoms with E-state index in [1.54, 1.807) is 0 Å². The zero-order valence-electron chi connectivity index (χ0n) is 13.5. The average molecular weight is 290 g/mol. The van der Waals surface area contributed by atoms with E-state index >= 15 is 0 Å². The quantitative estimate of drug-likeness (QED) is 0.839. The van der Waals surface area contributed by atoms with Gasteiger partial charge in [-0.2, -0.15) is 0 Å². The van der Waals surface area contributed by atoms with Crippen LogP contribution in [-0.2, 0) is 11.2 Å². The summed E-state index contributed by atoms with van der Waals surface area (Å²) in [5, 5.41) is 0. The van der Waals surface area contributed by atoms with Gasteiger partial charge in [0.2, 0.25) is 0 Å². The number of piperazine rings is 1. The number of ether oxygens (including phenoxy) is 1. The molecule has 4 nitrogen and oxygen atoms in total. The third-order valence-electron chi connectivity index (χ3n) is 3.74. The van der Waals surface area contributed by atoms with Crippen molar-refractivity contribution in [2.75, 3.05) is 26.7 Å². The molecule has 1 amide bonds. The average Bonchev–Trinajstić information content (AvgIpc) is 2.40. The lowest BCUT2D eigenvalue weighted by Gasteiger charge is -2.40. The minimum atomic E-state index is -0.435. The van der Waals surface area contributed by atoms with Crippen LogP contribution in [0, 0.1) is 0 Å². The standard InChI is InChI=1S/C17H26N2O2/c1-17(2,3)21-16(20)19-11-10-18(4)15(13-19)12-14-8-6-5-7-9-14/h5-9,15H,10-13H2,1-4H3. The minimum Gasteiger partial charge on any atom is -0.444 e. The van der Waals surface area contributed by atoms with Gasteiger partial charge in [-0.05, 0) is 39.8 Å². The molecule has 1 aliphatic heterocycles. The molecule has 0 saturated carbocycles. The van der Waals surface area contributed by atoms with Crippen molar-refractivity contribution in [3.63, 3.8) is 0 Å². The van der Waals surface area contributed by atoms with Crippen LogP contribution < -0.4 is 0 Å². The van der Waals surface area contributed by atoms with Crippen LogP contribution in [0.3, 0.4) is 0 Å². The number of carbonyl (C=O) groups excluding carboxylic acids is 1. The minimum absolute atomic E-state index is 0.200. The van der Waals surface area contributed by atoms with E-state index in [-0.39, 0.29) is 6.09 Å². The number of hydrogen-bond donors (Lipinski definition) is 0. The molecular formula is C17H26N2O2. The van der Waals surface area contributed by atoms with Gasteiger partial charge in [0.15, 0.2) is 0 Å². The Bertz CT molecular complexity index is 467. The van der Waals surface area contributed by atoms with Crippen LogP contribution in [0.1, 0.15) is 26.3 Å². The zero-order valence-corrected chi connectivity index (χ0v) is 13.5. The number of carbonyl (C=O) groups is 1. The number of hydrogen-bond acceptors (Lipinski definition) is 3. The van der Waals surface area contributed by atoms with Gasteiger partial charge in [0.05, 0.1) is 0 Å². The van der Waals surface area contributed by atoms with E-state index in [2.05, 4.69) is 36.2 Å². The molecule has 2 rings (SSSR count). The van der Waals surface area contributed by atoms with Gasteiger partial charge in [-0.25, -0.2) is 4.79 Å². The number of likely N-dealkylation sites (N-methyl/N-ethyl adjacent to an activating group) is 1. The number of rotatable bonds is 2. The van der Waals surface area contributed by atoms with E-state index in [1.807, 2.05) is 31.7 Å². The number of amides is 1. The fourth-order valence-electron chi connectivity index (χ4n) is 2.54. The molecule has 0 N–H and O–H groups in total. The molecule has 1 atom stereocenters. The lowest BCUT2D eigenvalue weighted by molar-refractivity contribution is 0.00764. The molecule has 1 saturated heterocycles. The Hall–Kier alpha value is -1.55. The van der Waals surface area contributed by atoms with E-state index in [0.717, 1.165) is 26.1 Å². The molecule has 1 aromatic carbocycles. The van der Waals surface area contributed by atoms with Crippen molar-refractivity contribution in [2.45, 2.75) is 38.8 Å². The first-order valence-electron chi connectivity index (χ1n) is 7.57. The number of benzene rings is 1. The van der Waals surface area contributed by atoms with Gasteiger partial charge in [0.25, 0.3) is 0 Å². The van der Waals surface area contributed by atoms with Crippen LogP contribution in [-0.4, -0.2) is 54.2 Å². The van der Waals surface area contributed by atoms with Gasteiger partial charge in [-0.1, -0.05) is 30.3 Å². The molecule has 116 valence electrons. The second-order valence-corrected chi connectivity index (χ2v) is 6.75. The first kappa shape index (κ1) is 15.8. The molecule has 1 aromatic rings. The lowest BCUT2D eigenvalue weighted by atomic mass is 10.0. The Morgan fingerprint density at radius 1 is 1.24 bits per heavy atom. The van der Waals surface area contributed by atoms with Crippen molar-refractivity contribution in [2.24, 2.45) is 0 Å². The summed E-state index contributed by atoms with van der Waals surface area (Å²) < 4.78 is 5.48. The summed E-state index contributed by atoms with van der Waals surface area (Å²) in [4.78, 5) is 16.4. The molecule has 1 heterocycles. The summed E-state index contributed by atoms with van der Waals surface area (Å²) in [6.07, 6.45) is 0.755. The van der Waals surface area contributed by atoms with Crippen LogP contribution in [0.15, 0.2) is 30.3 Å². The van der Waals surface area contributed by atoms with Crippen LogP contribution in [0.2, 0.25) is 0 Å². The topological polar surface area (TPSA) is 32.8 Å². The first-order chi connectivity index (χ1) is 9.85. The summed E-state index contributed by atoms with van der Waals surface area (Å²) in [5.41, 5.74) is 0.871. The highest BCUT2D eigenvalue weighted by Gasteiger charge is 2.30. The molecular weight excluding hydrogens is 264 g/mol. The first-order valence-corrected chi connectivity index (χ1v) is 7.57. The van der Waals surface area contributed by atoms with Gasteiger partial charge < -0.3 is 9.64 Å². The monoisotopic (exact) mass is 290 g/mol. The maximum Gasteiger partial charge on any atom is 0.410 e. The highest BCUT2D eigenvalue weighted by atomic mass is 16.6. The van der Waals surface area contributed by atoms with Crippen LogP contribution in [0.4, 0.5) is 4.79 Å². The molecule has 21 heavy (non-hydrogen) atoms. The number of nitrogens with zero attached hydrogens (tertiary/aromatic N) is 2. The summed E-state index contributed by atoms with van der Waals surface area (Å²) in [7, 11) is 2.13. The van der Waals surface area contributed by atoms with Gasteiger partial charge in [0, 0.05) is 25.7 Å². The fourth-order valence-corrected chi connectivity index (χ4v) is 2.54. The molecule has 1 fully saturated rings. The lowest BCUT2D eigenvalue weighted by Crippen LogP contribution is -2.54. The van der Waals surface area contributed by atoms with Gasteiger partial charge in [-0.3, -0.25) is 4.90 Å². The highest BCUT2D eigenvalue weighted by molar-refractivity contribution is 5.68. The van der Waals surface area contributed by atoms with Crippen LogP contribution in [0.5, 0.6) is 0 Å². The molecule has 4 heteroatoms. The summed E-state index contributed by atoms with van der Waals surface area (Å²) >= 11 is 0. The maximum atomic E-state index is 12.2. The van der Waals surface area contributed by atoms with E-state index in [9.17, 15) is 4.79 Å². The Labute approximate surface area is 127 Å². The van der Waals surface area contributed by atoms with Gasteiger partial charge in [-0.15, -0.1) is 0 Å². The highest BCUT2D eigenvalue weighted by Crippen LogP contribution is 2.16. The van der Waals surface area contributed by atoms with Crippen LogP contribution >= 0.6 is 0 Å². The van der Waals surface area contributed by atoms with E-state index in [4.69, 9.17) is 4.74 Å². The SMILES string of the molecule is CN1CCN(C(=O)OC(C)(C)C)CC1Cc1ccccc1. The Balaban J connectivity index is 1.97. The molecule has 1 aliphatic rings. The van der Waals surface area contributed by atoms with Crippen LogP contribution in [0.25, 0.3) is 0 Å².